The van der Waals surface area contributed by atoms with Gasteiger partial charge in [-0.15, -0.1) is 0 Å². The van der Waals surface area contributed by atoms with Crippen molar-refractivity contribution in [1.82, 2.24) is 0 Å². The molecule has 0 aliphatic rings. The monoisotopic (exact) mass is 234 g/mol. The largest absolute Gasteiger partial charge is 0.433 e. The molecule has 88 valence electrons. The molecule has 0 fully saturated rings. The lowest BCUT2D eigenvalue weighted by Crippen LogP contribution is -2.12. The average Bonchev–Trinajstić information content (AvgIpc) is 2.27. The van der Waals surface area contributed by atoms with Gasteiger partial charge in [0, 0.05) is 26.2 Å². The molecule has 1 heterocycles. The lowest BCUT2D eigenvalue weighted by atomic mass is 10.2. The minimum atomic E-state index is -0.565. The topological polar surface area (TPSA) is 76.6 Å². The zero-order valence-electron chi connectivity index (χ0n) is 9.34. The highest BCUT2D eigenvalue weighted by atomic mass is 16.6. The second-order valence-electron chi connectivity index (χ2n) is 3.75. The third-order valence-electron chi connectivity index (χ3n) is 2.36. The fraction of sp³-hybridized carbons (Fsp3) is 0.182. The second-order valence-corrected chi connectivity index (χ2v) is 3.75. The molecule has 0 atom stereocenters. The molecule has 6 nitrogen and oxygen atoms in total. The number of nitrogens with zero attached hydrogens (tertiary/aromatic N) is 2. The Balaban J connectivity index is 2.88. The van der Waals surface area contributed by atoms with E-state index < -0.39 is 4.92 Å². The van der Waals surface area contributed by atoms with Crippen LogP contribution in [0.15, 0.2) is 33.5 Å². The molecule has 1 aromatic carbocycles. The summed E-state index contributed by atoms with van der Waals surface area (Å²) in [5.74, 6) is 0.289. The standard InChI is InChI=1S/C11H10N2O4/c1-12(2)10-6-9(14)7-4-3-5-8(13(15)16)11(7)17-10/h3-6H,1-2H3. The first-order valence-corrected chi connectivity index (χ1v) is 4.89. The van der Waals surface area contributed by atoms with E-state index in [1.807, 2.05) is 0 Å². The third-order valence-corrected chi connectivity index (χ3v) is 2.36. The van der Waals surface area contributed by atoms with Gasteiger partial charge in [-0.3, -0.25) is 14.9 Å². The van der Waals surface area contributed by atoms with E-state index in [1.165, 1.54) is 24.3 Å². The first-order chi connectivity index (χ1) is 8.00. The first-order valence-electron chi connectivity index (χ1n) is 4.89. The maximum absolute atomic E-state index is 11.8. The van der Waals surface area contributed by atoms with Crippen LogP contribution in [0.2, 0.25) is 0 Å². The molecule has 6 heteroatoms. The molecule has 0 aliphatic heterocycles. The van der Waals surface area contributed by atoms with Gasteiger partial charge >= 0.3 is 5.69 Å². The minimum absolute atomic E-state index is 0.00806. The Labute approximate surface area is 96.2 Å². The number of rotatable bonds is 2. The molecule has 2 rings (SSSR count). The van der Waals surface area contributed by atoms with Gasteiger partial charge in [0.25, 0.3) is 0 Å². The van der Waals surface area contributed by atoms with E-state index in [2.05, 4.69) is 0 Å². The van der Waals surface area contributed by atoms with Crippen LogP contribution >= 0.6 is 0 Å². The summed E-state index contributed by atoms with van der Waals surface area (Å²) in [6, 6.07) is 5.59. The fourth-order valence-electron chi connectivity index (χ4n) is 1.51. The zero-order chi connectivity index (χ0) is 12.6. The molecule has 1 aromatic heterocycles. The summed E-state index contributed by atoms with van der Waals surface area (Å²) in [4.78, 5) is 23.6. The van der Waals surface area contributed by atoms with E-state index >= 15 is 0 Å². The number of non-ortho nitro benzene ring substituents is 1. The predicted octanol–water partition coefficient (Wildman–Crippen LogP) is 1.77. The number of hydrogen-bond acceptors (Lipinski definition) is 5. The van der Waals surface area contributed by atoms with Crippen molar-refractivity contribution in [3.8, 4) is 0 Å². The highest BCUT2D eigenvalue weighted by Crippen LogP contribution is 2.26. The maximum Gasteiger partial charge on any atom is 0.312 e. The van der Waals surface area contributed by atoms with E-state index in [0.717, 1.165) is 0 Å². The fourth-order valence-corrected chi connectivity index (χ4v) is 1.51. The molecule has 17 heavy (non-hydrogen) atoms. The summed E-state index contributed by atoms with van der Waals surface area (Å²) in [5, 5.41) is 11.1. The molecular formula is C11H10N2O4. The molecule has 0 N–H and O–H groups in total. The Hall–Kier alpha value is -2.37. The lowest BCUT2D eigenvalue weighted by molar-refractivity contribution is -0.383. The number of anilines is 1. The first kappa shape index (κ1) is 11.1. The maximum atomic E-state index is 11.8. The van der Waals surface area contributed by atoms with Crippen molar-refractivity contribution < 1.29 is 9.34 Å². The summed E-state index contributed by atoms with van der Waals surface area (Å²) in [7, 11) is 3.39. The van der Waals surface area contributed by atoms with Gasteiger partial charge in [-0.1, -0.05) is 6.07 Å². The SMILES string of the molecule is CN(C)c1cc(=O)c2cccc([N+](=O)[O-])c2o1. The van der Waals surface area contributed by atoms with Crippen molar-refractivity contribution in [1.29, 1.82) is 0 Å². The van der Waals surface area contributed by atoms with Gasteiger partial charge in [-0.05, 0) is 6.07 Å². The van der Waals surface area contributed by atoms with Crippen LogP contribution in [-0.4, -0.2) is 19.0 Å². The molecule has 0 radical (unpaired) electrons. The predicted molar refractivity (Wildman–Crippen MR) is 63.5 cm³/mol. The molecular weight excluding hydrogens is 224 g/mol. The Morgan fingerprint density at radius 1 is 1.35 bits per heavy atom. The van der Waals surface area contributed by atoms with Crippen molar-refractivity contribution >= 4 is 22.5 Å². The van der Waals surface area contributed by atoms with Crippen molar-refractivity contribution in [3.05, 3.63) is 44.6 Å². The number of hydrogen-bond donors (Lipinski definition) is 0. The summed E-state index contributed by atoms with van der Waals surface area (Å²) >= 11 is 0. The molecule has 0 bridgehead atoms. The van der Waals surface area contributed by atoms with Crippen LogP contribution in [0.25, 0.3) is 11.0 Å². The smallest absolute Gasteiger partial charge is 0.312 e. The van der Waals surface area contributed by atoms with E-state index in [1.54, 1.807) is 19.0 Å². The van der Waals surface area contributed by atoms with Crippen LogP contribution in [0.4, 0.5) is 11.6 Å². The van der Waals surface area contributed by atoms with Gasteiger partial charge in [0.15, 0.2) is 11.3 Å². The van der Waals surface area contributed by atoms with Crippen molar-refractivity contribution in [2.75, 3.05) is 19.0 Å². The third kappa shape index (κ3) is 1.84. The van der Waals surface area contributed by atoms with Gasteiger partial charge in [-0.25, -0.2) is 0 Å². The minimum Gasteiger partial charge on any atom is -0.433 e. The van der Waals surface area contributed by atoms with Gasteiger partial charge < -0.3 is 9.32 Å². The number of nitro groups is 1. The van der Waals surface area contributed by atoms with E-state index in [9.17, 15) is 14.9 Å². The Bertz CT molecular complexity index is 645. The summed E-state index contributed by atoms with van der Waals surface area (Å²) in [5.41, 5.74) is -0.490. The number of benzene rings is 1. The normalized spacial score (nSPS) is 10.5. The van der Waals surface area contributed by atoms with Gasteiger partial charge in [-0.2, -0.15) is 0 Å². The van der Waals surface area contributed by atoms with Crippen LogP contribution in [-0.2, 0) is 0 Å². The van der Waals surface area contributed by atoms with E-state index in [-0.39, 0.29) is 28.0 Å². The summed E-state index contributed by atoms with van der Waals surface area (Å²) < 4.78 is 5.38. The summed E-state index contributed by atoms with van der Waals surface area (Å²) in [6.07, 6.45) is 0. The van der Waals surface area contributed by atoms with Crippen LogP contribution < -0.4 is 10.3 Å². The Morgan fingerprint density at radius 3 is 2.65 bits per heavy atom. The molecule has 0 amide bonds. The van der Waals surface area contributed by atoms with Crippen LogP contribution in [0, 0.1) is 10.1 Å². The average molecular weight is 234 g/mol. The number of para-hydroxylation sites is 1. The van der Waals surface area contributed by atoms with Crippen LogP contribution in [0.1, 0.15) is 0 Å². The van der Waals surface area contributed by atoms with Crippen molar-refractivity contribution in [3.63, 3.8) is 0 Å². The highest BCUT2D eigenvalue weighted by Gasteiger charge is 2.17. The molecule has 0 spiro atoms. The van der Waals surface area contributed by atoms with Crippen LogP contribution in [0.3, 0.4) is 0 Å². The summed E-state index contributed by atoms with van der Waals surface area (Å²) in [6.45, 7) is 0. The molecule has 0 aliphatic carbocycles. The Kier molecular flexibility index (Phi) is 2.55. The van der Waals surface area contributed by atoms with E-state index in [0.29, 0.717) is 0 Å². The quantitative estimate of drug-likeness (QED) is 0.584. The molecule has 0 saturated heterocycles. The Morgan fingerprint density at radius 2 is 2.06 bits per heavy atom. The zero-order valence-corrected chi connectivity index (χ0v) is 9.34. The highest BCUT2D eigenvalue weighted by molar-refractivity contribution is 5.85. The second kappa shape index (κ2) is 3.89. The lowest BCUT2D eigenvalue weighted by Gasteiger charge is -2.10. The van der Waals surface area contributed by atoms with Gasteiger partial charge in [0.05, 0.1) is 10.3 Å². The van der Waals surface area contributed by atoms with Crippen molar-refractivity contribution in [2.45, 2.75) is 0 Å². The van der Waals surface area contributed by atoms with Gasteiger partial charge in [0.1, 0.15) is 0 Å². The number of fused-ring (bicyclic) bond motifs is 1. The van der Waals surface area contributed by atoms with E-state index in [4.69, 9.17) is 4.42 Å². The molecule has 2 aromatic rings. The van der Waals surface area contributed by atoms with Gasteiger partial charge in [0.2, 0.25) is 5.58 Å². The molecule has 0 saturated carbocycles. The van der Waals surface area contributed by atoms with Crippen LogP contribution in [0.5, 0.6) is 0 Å². The number of nitro benzene ring substituents is 1. The van der Waals surface area contributed by atoms with Crippen molar-refractivity contribution in [2.24, 2.45) is 0 Å². The molecule has 0 unspecified atom stereocenters.